The molecule has 0 aromatic heterocycles. The van der Waals surface area contributed by atoms with Gasteiger partial charge in [0, 0.05) is 6.61 Å². The van der Waals surface area contributed by atoms with E-state index in [9.17, 15) is 0 Å². The summed E-state index contributed by atoms with van der Waals surface area (Å²) < 4.78 is 5.58. The Morgan fingerprint density at radius 2 is 2.13 bits per heavy atom. The number of nitrogens with one attached hydrogen (secondary N) is 1. The molecule has 0 radical (unpaired) electrons. The van der Waals surface area contributed by atoms with E-state index in [0.717, 1.165) is 18.9 Å². The Kier molecular flexibility index (Phi) is 3.75. The van der Waals surface area contributed by atoms with Gasteiger partial charge in [0.2, 0.25) is 0 Å². The highest BCUT2D eigenvalue weighted by Crippen LogP contribution is 2.22. The van der Waals surface area contributed by atoms with E-state index in [-0.39, 0.29) is 6.23 Å². The van der Waals surface area contributed by atoms with Crippen molar-refractivity contribution in [3.63, 3.8) is 0 Å². The van der Waals surface area contributed by atoms with Crippen molar-refractivity contribution in [1.82, 2.24) is 5.32 Å². The lowest BCUT2D eigenvalue weighted by molar-refractivity contribution is -0.0236. The van der Waals surface area contributed by atoms with E-state index >= 15 is 0 Å². The maximum atomic E-state index is 5.58. The minimum absolute atomic E-state index is 0.257. The predicted molar refractivity (Wildman–Crippen MR) is 61.7 cm³/mol. The third-order valence-electron chi connectivity index (χ3n) is 3.08. The van der Waals surface area contributed by atoms with Crippen molar-refractivity contribution in [2.45, 2.75) is 25.5 Å². The maximum Gasteiger partial charge on any atom is 0.108 e. The molecular formula is C13H19NO. The molecule has 2 unspecified atom stereocenters. The third kappa shape index (κ3) is 3.05. The SMILES string of the molecule is CNC1CC(Cc2ccccc2)CCO1. The van der Waals surface area contributed by atoms with Gasteiger partial charge in [-0.25, -0.2) is 0 Å². The quantitative estimate of drug-likeness (QED) is 0.817. The molecule has 0 spiro atoms. The van der Waals surface area contributed by atoms with Gasteiger partial charge in [-0.1, -0.05) is 30.3 Å². The van der Waals surface area contributed by atoms with Gasteiger partial charge in [-0.15, -0.1) is 0 Å². The zero-order valence-electron chi connectivity index (χ0n) is 9.28. The maximum absolute atomic E-state index is 5.58. The molecule has 1 heterocycles. The van der Waals surface area contributed by atoms with Gasteiger partial charge in [-0.2, -0.15) is 0 Å². The molecular weight excluding hydrogens is 186 g/mol. The molecule has 1 aliphatic rings. The van der Waals surface area contributed by atoms with Gasteiger partial charge in [0.15, 0.2) is 0 Å². The lowest BCUT2D eigenvalue weighted by Gasteiger charge is -2.29. The van der Waals surface area contributed by atoms with Crippen LogP contribution in [0.2, 0.25) is 0 Å². The molecule has 0 aliphatic carbocycles. The van der Waals surface area contributed by atoms with Crippen LogP contribution in [0.5, 0.6) is 0 Å². The van der Waals surface area contributed by atoms with Crippen molar-refractivity contribution in [3.8, 4) is 0 Å². The van der Waals surface area contributed by atoms with Crippen molar-refractivity contribution in [1.29, 1.82) is 0 Å². The lowest BCUT2D eigenvalue weighted by Crippen LogP contribution is -2.36. The first kappa shape index (κ1) is 10.7. The van der Waals surface area contributed by atoms with Crippen LogP contribution in [0.1, 0.15) is 18.4 Å². The van der Waals surface area contributed by atoms with Gasteiger partial charge in [-0.3, -0.25) is 5.32 Å². The first-order chi connectivity index (χ1) is 7.38. The Bertz CT molecular complexity index is 286. The monoisotopic (exact) mass is 205 g/mol. The fourth-order valence-corrected chi connectivity index (χ4v) is 2.20. The summed E-state index contributed by atoms with van der Waals surface area (Å²) in [4.78, 5) is 0. The van der Waals surface area contributed by atoms with Crippen molar-refractivity contribution in [3.05, 3.63) is 35.9 Å². The largest absolute Gasteiger partial charge is 0.363 e. The van der Waals surface area contributed by atoms with Crippen LogP contribution in [0.4, 0.5) is 0 Å². The second-order valence-corrected chi connectivity index (χ2v) is 4.23. The van der Waals surface area contributed by atoms with Crippen molar-refractivity contribution in [2.24, 2.45) is 5.92 Å². The molecule has 2 rings (SSSR count). The molecule has 0 bridgehead atoms. The molecule has 1 aliphatic heterocycles. The number of ether oxygens (including phenoxy) is 1. The van der Waals surface area contributed by atoms with Crippen LogP contribution in [0.25, 0.3) is 0 Å². The first-order valence-electron chi connectivity index (χ1n) is 5.71. The van der Waals surface area contributed by atoms with Gasteiger partial charge >= 0.3 is 0 Å². The Balaban J connectivity index is 1.89. The third-order valence-corrected chi connectivity index (χ3v) is 3.08. The molecule has 2 nitrogen and oxygen atoms in total. The number of hydrogen-bond acceptors (Lipinski definition) is 2. The summed E-state index contributed by atoms with van der Waals surface area (Å²) in [5, 5.41) is 3.20. The number of benzene rings is 1. The number of rotatable bonds is 3. The highest BCUT2D eigenvalue weighted by Gasteiger charge is 2.21. The molecule has 0 amide bonds. The average Bonchev–Trinajstić information content (AvgIpc) is 2.31. The van der Waals surface area contributed by atoms with Crippen LogP contribution in [0.15, 0.2) is 30.3 Å². The van der Waals surface area contributed by atoms with Crippen molar-refractivity contribution < 1.29 is 4.74 Å². The van der Waals surface area contributed by atoms with E-state index in [2.05, 4.69) is 35.6 Å². The summed E-state index contributed by atoms with van der Waals surface area (Å²) in [6.07, 6.45) is 3.76. The second-order valence-electron chi connectivity index (χ2n) is 4.23. The molecule has 15 heavy (non-hydrogen) atoms. The van der Waals surface area contributed by atoms with E-state index in [0.29, 0.717) is 0 Å². The molecule has 1 fully saturated rings. The fraction of sp³-hybridized carbons (Fsp3) is 0.538. The molecule has 1 N–H and O–H groups in total. The Labute approximate surface area is 91.6 Å². The van der Waals surface area contributed by atoms with Gasteiger partial charge < -0.3 is 4.74 Å². The molecule has 2 heteroatoms. The van der Waals surface area contributed by atoms with E-state index in [1.54, 1.807) is 0 Å². The molecule has 1 saturated heterocycles. The fourth-order valence-electron chi connectivity index (χ4n) is 2.20. The summed E-state index contributed by atoms with van der Waals surface area (Å²) in [5.74, 6) is 0.763. The van der Waals surface area contributed by atoms with E-state index in [1.165, 1.54) is 18.4 Å². The zero-order valence-corrected chi connectivity index (χ0v) is 9.28. The minimum Gasteiger partial charge on any atom is -0.363 e. The average molecular weight is 205 g/mol. The van der Waals surface area contributed by atoms with Crippen molar-refractivity contribution in [2.75, 3.05) is 13.7 Å². The van der Waals surface area contributed by atoms with Crippen LogP contribution in [-0.4, -0.2) is 19.9 Å². The van der Waals surface area contributed by atoms with E-state index in [1.807, 2.05) is 7.05 Å². The molecule has 1 aromatic rings. The smallest absolute Gasteiger partial charge is 0.108 e. The van der Waals surface area contributed by atoms with E-state index < -0.39 is 0 Å². The van der Waals surface area contributed by atoms with Crippen molar-refractivity contribution >= 4 is 0 Å². The highest BCUT2D eigenvalue weighted by atomic mass is 16.5. The number of hydrogen-bond donors (Lipinski definition) is 1. The summed E-state index contributed by atoms with van der Waals surface area (Å²) in [5.41, 5.74) is 1.44. The normalized spacial score (nSPS) is 26.5. The molecule has 82 valence electrons. The summed E-state index contributed by atoms with van der Waals surface area (Å²) in [7, 11) is 1.97. The van der Waals surface area contributed by atoms with Gasteiger partial charge in [-0.05, 0) is 37.8 Å². The summed E-state index contributed by atoms with van der Waals surface area (Å²) in [6.45, 7) is 0.892. The first-order valence-corrected chi connectivity index (χ1v) is 5.71. The molecule has 0 saturated carbocycles. The molecule has 1 aromatic carbocycles. The van der Waals surface area contributed by atoms with Crippen LogP contribution in [0.3, 0.4) is 0 Å². The zero-order chi connectivity index (χ0) is 10.5. The predicted octanol–water partition coefficient (Wildman–Crippen LogP) is 2.20. The van der Waals surface area contributed by atoms with Gasteiger partial charge in [0.05, 0.1) is 0 Å². The standard InChI is InChI=1S/C13H19NO/c1-14-13-10-12(7-8-15-13)9-11-5-3-2-4-6-11/h2-6,12-14H,7-10H2,1H3. The van der Waals surface area contributed by atoms with Crippen LogP contribution < -0.4 is 5.32 Å². The second kappa shape index (κ2) is 5.29. The van der Waals surface area contributed by atoms with Crippen LogP contribution in [0, 0.1) is 5.92 Å². The highest BCUT2D eigenvalue weighted by molar-refractivity contribution is 5.15. The Hall–Kier alpha value is -0.860. The van der Waals surface area contributed by atoms with Crippen LogP contribution >= 0.6 is 0 Å². The van der Waals surface area contributed by atoms with Crippen LogP contribution in [-0.2, 0) is 11.2 Å². The topological polar surface area (TPSA) is 21.3 Å². The minimum atomic E-state index is 0.257. The molecule has 2 atom stereocenters. The summed E-state index contributed by atoms with van der Waals surface area (Å²) in [6, 6.07) is 10.7. The van der Waals surface area contributed by atoms with Gasteiger partial charge in [0.1, 0.15) is 6.23 Å². The summed E-state index contributed by atoms with van der Waals surface area (Å²) >= 11 is 0. The lowest BCUT2D eigenvalue weighted by atomic mass is 9.91. The van der Waals surface area contributed by atoms with Gasteiger partial charge in [0.25, 0.3) is 0 Å². The Morgan fingerprint density at radius 3 is 2.87 bits per heavy atom. The van der Waals surface area contributed by atoms with E-state index in [4.69, 9.17) is 4.74 Å². The Morgan fingerprint density at radius 1 is 1.33 bits per heavy atom.